The summed E-state index contributed by atoms with van der Waals surface area (Å²) in [6.07, 6.45) is 1.73. The summed E-state index contributed by atoms with van der Waals surface area (Å²) in [6, 6.07) is 0.233. The fourth-order valence-corrected chi connectivity index (χ4v) is 4.87. The first-order chi connectivity index (χ1) is 9.41. The van der Waals surface area contributed by atoms with Crippen LogP contribution in [0.5, 0.6) is 0 Å². The Hall–Kier alpha value is -0.920. The summed E-state index contributed by atoms with van der Waals surface area (Å²) in [5, 5.41) is 10.2. The number of piperazine rings is 1. The molecule has 1 fully saturated rings. The molecule has 114 valence electrons. The Kier molecular flexibility index (Phi) is 4.51. The molecular formula is C13H24N4O2S. The van der Waals surface area contributed by atoms with Crippen LogP contribution in [0, 0.1) is 13.8 Å². The second kappa shape index (κ2) is 5.83. The molecule has 2 atom stereocenters. The highest BCUT2D eigenvalue weighted by atomic mass is 32.2. The molecule has 0 aromatic carbocycles. The molecule has 1 aromatic heterocycles. The van der Waals surface area contributed by atoms with Crippen molar-refractivity contribution in [2.75, 3.05) is 13.1 Å². The van der Waals surface area contributed by atoms with Crippen molar-refractivity contribution in [1.29, 1.82) is 0 Å². The molecule has 0 bridgehead atoms. The lowest BCUT2D eigenvalue weighted by atomic mass is 10.1. The Bertz CT molecular complexity index is 547. The van der Waals surface area contributed by atoms with E-state index in [0.717, 1.165) is 12.8 Å². The molecule has 2 unspecified atom stereocenters. The molecule has 7 heteroatoms. The zero-order valence-electron chi connectivity index (χ0n) is 12.6. The molecule has 2 rings (SSSR count). The summed E-state index contributed by atoms with van der Waals surface area (Å²) in [6.45, 7) is 8.83. The third-order valence-electron chi connectivity index (χ3n) is 4.04. The van der Waals surface area contributed by atoms with E-state index in [4.69, 9.17) is 0 Å². The molecule has 6 nitrogen and oxygen atoms in total. The van der Waals surface area contributed by atoms with Crippen LogP contribution < -0.4 is 5.32 Å². The number of nitrogens with zero attached hydrogens (tertiary/aromatic N) is 2. The van der Waals surface area contributed by atoms with Gasteiger partial charge in [-0.2, -0.15) is 9.40 Å². The van der Waals surface area contributed by atoms with E-state index in [-0.39, 0.29) is 12.1 Å². The molecule has 0 amide bonds. The molecule has 0 aliphatic carbocycles. The van der Waals surface area contributed by atoms with Crippen LogP contribution in [0.15, 0.2) is 4.90 Å². The van der Waals surface area contributed by atoms with Gasteiger partial charge in [-0.15, -0.1) is 0 Å². The Labute approximate surface area is 121 Å². The van der Waals surface area contributed by atoms with E-state index in [1.807, 2.05) is 6.92 Å². The van der Waals surface area contributed by atoms with Gasteiger partial charge in [0, 0.05) is 25.2 Å². The first-order valence-electron chi connectivity index (χ1n) is 7.18. The van der Waals surface area contributed by atoms with Gasteiger partial charge in [-0.05, 0) is 26.7 Å². The molecule has 20 heavy (non-hydrogen) atoms. The Balaban J connectivity index is 2.40. The van der Waals surface area contributed by atoms with Crippen LogP contribution in [-0.2, 0) is 10.0 Å². The maximum absolute atomic E-state index is 13.0. The minimum absolute atomic E-state index is 0.0106. The van der Waals surface area contributed by atoms with Gasteiger partial charge >= 0.3 is 0 Å². The van der Waals surface area contributed by atoms with Gasteiger partial charge in [0.05, 0.1) is 11.4 Å². The van der Waals surface area contributed by atoms with E-state index < -0.39 is 10.0 Å². The summed E-state index contributed by atoms with van der Waals surface area (Å²) >= 11 is 0. The largest absolute Gasteiger partial charge is 0.311 e. The maximum Gasteiger partial charge on any atom is 0.247 e. The SMILES string of the molecule is CCC1CN(S(=O)(=O)c2c(C)n[nH]c2C)C(CC)CN1. The van der Waals surface area contributed by atoms with Crippen molar-refractivity contribution in [3.8, 4) is 0 Å². The van der Waals surface area contributed by atoms with Gasteiger partial charge in [0.15, 0.2) is 0 Å². The summed E-state index contributed by atoms with van der Waals surface area (Å²) < 4.78 is 27.6. The van der Waals surface area contributed by atoms with Gasteiger partial charge in [-0.3, -0.25) is 5.10 Å². The highest BCUT2D eigenvalue weighted by molar-refractivity contribution is 7.89. The third kappa shape index (κ3) is 2.62. The number of hydrogen-bond donors (Lipinski definition) is 2. The fraction of sp³-hybridized carbons (Fsp3) is 0.769. The first-order valence-corrected chi connectivity index (χ1v) is 8.62. The zero-order chi connectivity index (χ0) is 14.9. The Morgan fingerprint density at radius 2 is 2.00 bits per heavy atom. The predicted molar refractivity (Wildman–Crippen MR) is 78.1 cm³/mol. The highest BCUT2D eigenvalue weighted by Crippen LogP contribution is 2.26. The van der Waals surface area contributed by atoms with E-state index >= 15 is 0 Å². The van der Waals surface area contributed by atoms with Crippen molar-refractivity contribution in [3.05, 3.63) is 11.4 Å². The molecule has 0 spiro atoms. The van der Waals surface area contributed by atoms with E-state index in [2.05, 4.69) is 22.4 Å². The smallest absolute Gasteiger partial charge is 0.247 e. The van der Waals surface area contributed by atoms with E-state index in [1.165, 1.54) is 0 Å². The van der Waals surface area contributed by atoms with Gasteiger partial charge in [0.25, 0.3) is 0 Å². The van der Waals surface area contributed by atoms with Crippen LogP contribution in [0.2, 0.25) is 0 Å². The maximum atomic E-state index is 13.0. The standard InChI is InChI=1S/C13H24N4O2S/c1-5-11-8-17(12(6-2)7-14-11)20(18,19)13-9(3)15-16-10(13)4/h11-12,14H,5-8H2,1-4H3,(H,15,16). The molecule has 0 radical (unpaired) electrons. The van der Waals surface area contributed by atoms with Crippen LogP contribution in [0.25, 0.3) is 0 Å². The summed E-state index contributed by atoms with van der Waals surface area (Å²) in [7, 11) is -3.48. The molecule has 1 saturated heterocycles. The number of H-pyrrole nitrogens is 1. The Morgan fingerprint density at radius 1 is 1.30 bits per heavy atom. The number of sulfonamides is 1. The van der Waals surface area contributed by atoms with Crippen molar-refractivity contribution >= 4 is 10.0 Å². The van der Waals surface area contributed by atoms with Crippen molar-refractivity contribution in [1.82, 2.24) is 19.8 Å². The highest BCUT2D eigenvalue weighted by Gasteiger charge is 2.37. The minimum atomic E-state index is -3.48. The minimum Gasteiger partial charge on any atom is -0.311 e. The van der Waals surface area contributed by atoms with Crippen molar-refractivity contribution in [2.45, 2.75) is 57.5 Å². The molecule has 1 aromatic rings. The zero-order valence-corrected chi connectivity index (χ0v) is 13.4. The van der Waals surface area contributed by atoms with Crippen LogP contribution in [0.1, 0.15) is 38.1 Å². The van der Waals surface area contributed by atoms with Crippen molar-refractivity contribution in [3.63, 3.8) is 0 Å². The van der Waals surface area contributed by atoms with Gasteiger partial charge in [0.1, 0.15) is 4.90 Å². The van der Waals surface area contributed by atoms with Crippen LogP contribution >= 0.6 is 0 Å². The number of hydrogen-bond acceptors (Lipinski definition) is 4. The molecule has 1 aliphatic rings. The average Bonchev–Trinajstić information content (AvgIpc) is 2.77. The summed E-state index contributed by atoms with van der Waals surface area (Å²) in [5.41, 5.74) is 1.16. The van der Waals surface area contributed by atoms with Crippen molar-refractivity contribution in [2.24, 2.45) is 0 Å². The number of rotatable bonds is 4. The van der Waals surface area contributed by atoms with Gasteiger partial charge in [-0.1, -0.05) is 13.8 Å². The van der Waals surface area contributed by atoms with E-state index in [9.17, 15) is 8.42 Å². The molecule has 2 heterocycles. The van der Waals surface area contributed by atoms with Crippen LogP contribution in [0.3, 0.4) is 0 Å². The normalized spacial score (nSPS) is 25.0. The number of aryl methyl sites for hydroxylation is 2. The third-order valence-corrected chi connectivity index (χ3v) is 6.22. The summed E-state index contributed by atoms with van der Waals surface area (Å²) in [4.78, 5) is 0.340. The number of aromatic amines is 1. The number of nitrogens with one attached hydrogen (secondary N) is 2. The second-order valence-electron chi connectivity index (χ2n) is 5.41. The average molecular weight is 300 g/mol. The molecule has 1 aliphatic heterocycles. The Morgan fingerprint density at radius 3 is 2.50 bits per heavy atom. The van der Waals surface area contributed by atoms with Gasteiger partial charge < -0.3 is 5.32 Å². The van der Waals surface area contributed by atoms with Crippen LogP contribution in [0.4, 0.5) is 0 Å². The van der Waals surface area contributed by atoms with Crippen molar-refractivity contribution < 1.29 is 8.42 Å². The first kappa shape index (κ1) is 15.5. The van der Waals surface area contributed by atoms with E-state index in [0.29, 0.717) is 29.4 Å². The van der Waals surface area contributed by atoms with Gasteiger partial charge in [0.2, 0.25) is 10.0 Å². The summed E-state index contributed by atoms with van der Waals surface area (Å²) in [5.74, 6) is 0. The molecule has 0 saturated carbocycles. The molecule has 2 N–H and O–H groups in total. The van der Waals surface area contributed by atoms with Gasteiger partial charge in [-0.25, -0.2) is 8.42 Å². The topological polar surface area (TPSA) is 78.1 Å². The lowest BCUT2D eigenvalue weighted by Crippen LogP contribution is -2.57. The van der Waals surface area contributed by atoms with E-state index in [1.54, 1.807) is 18.2 Å². The monoisotopic (exact) mass is 300 g/mol. The fourth-order valence-electron chi connectivity index (χ4n) is 2.79. The van der Waals surface area contributed by atoms with Crippen LogP contribution in [-0.4, -0.2) is 48.1 Å². The lowest BCUT2D eigenvalue weighted by Gasteiger charge is -2.38. The number of aromatic nitrogens is 2. The quantitative estimate of drug-likeness (QED) is 0.875. The predicted octanol–water partition coefficient (Wildman–Crippen LogP) is 1.18. The lowest BCUT2D eigenvalue weighted by molar-refractivity contribution is 0.215. The molecular weight excluding hydrogens is 276 g/mol. The second-order valence-corrected chi connectivity index (χ2v) is 7.24.